The van der Waals surface area contributed by atoms with Crippen molar-refractivity contribution >= 4 is 11.6 Å². The van der Waals surface area contributed by atoms with Crippen LogP contribution in [0.15, 0.2) is 48.5 Å². The number of ether oxygens (including phenoxy) is 2. The first-order valence-electron chi connectivity index (χ1n) is 8.65. The molecule has 0 atom stereocenters. The average molecular weight is 366 g/mol. The maximum atomic E-state index is 12.3. The molecule has 3 rings (SSSR count). The minimum absolute atomic E-state index is 0.118. The van der Waals surface area contributed by atoms with Crippen molar-refractivity contribution in [3.05, 3.63) is 54.4 Å². The van der Waals surface area contributed by atoms with Gasteiger partial charge in [-0.15, -0.1) is 0 Å². The van der Waals surface area contributed by atoms with Crippen LogP contribution < -0.4 is 14.8 Å². The van der Waals surface area contributed by atoms with Gasteiger partial charge in [-0.05, 0) is 24.3 Å². The van der Waals surface area contributed by atoms with Gasteiger partial charge in [0.05, 0.1) is 12.8 Å². The zero-order valence-corrected chi connectivity index (χ0v) is 15.5. The number of rotatable bonds is 7. The van der Waals surface area contributed by atoms with Gasteiger partial charge in [0.25, 0.3) is 5.91 Å². The Morgan fingerprint density at radius 3 is 2.67 bits per heavy atom. The molecule has 7 heteroatoms. The zero-order valence-electron chi connectivity index (χ0n) is 15.5. The number of hydrogen-bond acceptors (Lipinski definition) is 5. The van der Waals surface area contributed by atoms with Crippen molar-refractivity contribution in [3.63, 3.8) is 0 Å². The number of aromatic amines is 1. The van der Waals surface area contributed by atoms with Gasteiger partial charge in [-0.2, -0.15) is 5.10 Å². The number of carbonyl (C=O) groups excluding carboxylic acids is 1. The molecule has 0 saturated carbocycles. The summed E-state index contributed by atoms with van der Waals surface area (Å²) in [5.74, 6) is 2.54. The van der Waals surface area contributed by atoms with E-state index in [9.17, 15) is 4.79 Å². The van der Waals surface area contributed by atoms with Crippen LogP contribution in [-0.4, -0.2) is 34.8 Å². The molecule has 0 bridgehead atoms. The first kappa shape index (κ1) is 18.4. The third-order valence-corrected chi connectivity index (χ3v) is 3.90. The number of nitrogens with zero attached hydrogens (tertiary/aromatic N) is 2. The van der Waals surface area contributed by atoms with Crippen molar-refractivity contribution in [2.24, 2.45) is 0 Å². The van der Waals surface area contributed by atoms with Crippen LogP contribution in [0.2, 0.25) is 0 Å². The molecule has 2 aromatic carbocycles. The van der Waals surface area contributed by atoms with E-state index in [1.807, 2.05) is 44.2 Å². The summed E-state index contributed by atoms with van der Waals surface area (Å²) in [7, 11) is 1.58. The molecule has 1 amide bonds. The minimum Gasteiger partial charge on any atom is -0.497 e. The van der Waals surface area contributed by atoms with Gasteiger partial charge in [-0.25, -0.2) is 4.98 Å². The van der Waals surface area contributed by atoms with Crippen LogP contribution >= 0.6 is 0 Å². The normalized spacial score (nSPS) is 10.7. The van der Waals surface area contributed by atoms with Crippen LogP contribution in [0.25, 0.3) is 11.4 Å². The van der Waals surface area contributed by atoms with Crippen LogP contribution in [0.4, 0.5) is 5.69 Å². The largest absolute Gasteiger partial charge is 0.497 e. The van der Waals surface area contributed by atoms with E-state index in [1.54, 1.807) is 25.3 Å². The van der Waals surface area contributed by atoms with Gasteiger partial charge in [0.2, 0.25) is 0 Å². The molecular formula is C20H22N4O3. The van der Waals surface area contributed by atoms with E-state index in [4.69, 9.17) is 9.47 Å². The van der Waals surface area contributed by atoms with Gasteiger partial charge >= 0.3 is 0 Å². The monoisotopic (exact) mass is 366 g/mol. The highest BCUT2D eigenvalue weighted by atomic mass is 16.5. The Labute approximate surface area is 157 Å². The molecular weight excluding hydrogens is 344 g/mol. The average Bonchev–Trinajstić information content (AvgIpc) is 3.17. The van der Waals surface area contributed by atoms with E-state index in [0.717, 1.165) is 11.4 Å². The van der Waals surface area contributed by atoms with Crippen molar-refractivity contribution in [2.45, 2.75) is 19.8 Å². The number of nitrogens with one attached hydrogen (secondary N) is 2. The summed E-state index contributed by atoms with van der Waals surface area (Å²) in [6.45, 7) is 3.95. The Hall–Kier alpha value is -3.35. The van der Waals surface area contributed by atoms with Crippen LogP contribution in [0.1, 0.15) is 25.6 Å². The Morgan fingerprint density at radius 2 is 1.93 bits per heavy atom. The highest BCUT2D eigenvalue weighted by molar-refractivity contribution is 5.95. The van der Waals surface area contributed by atoms with Crippen LogP contribution in [-0.2, 0) is 4.79 Å². The second-order valence-electron chi connectivity index (χ2n) is 6.26. The lowest BCUT2D eigenvalue weighted by atomic mass is 10.1. The number of methoxy groups -OCH3 is 1. The summed E-state index contributed by atoms with van der Waals surface area (Å²) in [4.78, 5) is 16.8. The summed E-state index contributed by atoms with van der Waals surface area (Å²) >= 11 is 0. The third kappa shape index (κ3) is 4.63. The lowest BCUT2D eigenvalue weighted by Gasteiger charge is -2.10. The van der Waals surface area contributed by atoms with E-state index >= 15 is 0 Å². The van der Waals surface area contributed by atoms with Gasteiger partial charge in [-0.3, -0.25) is 9.89 Å². The highest BCUT2D eigenvalue weighted by Crippen LogP contribution is 2.26. The molecule has 7 nitrogen and oxygen atoms in total. The molecule has 0 unspecified atom stereocenters. The molecule has 140 valence electrons. The van der Waals surface area contributed by atoms with E-state index in [1.165, 1.54) is 0 Å². The van der Waals surface area contributed by atoms with Crippen molar-refractivity contribution in [1.82, 2.24) is 15.2 Å². The van der Waals surface area contributed by atoms with E-state index in [0.29, 0.717) is 23.0 Å². The number of anilines is 1. The first-order valence-corrected chi connectivity index (χ1v) is 8.65. The molecule has 1 aromatic heterocycles. The van der Waals surface area contributed by atoms with Crippen molar-refractivity contribution in [3.8, 4) is 22.9 Å². The highest BCUT2D eigenvalue weighted by Gasteiger charge is 2.14. The second kappa shape index (κ2) is 8.35. The fourth-order valence-electron chi connectivity index (χ4n) is 2.47. The van der Waals surface area contributed by atoms with E-state index in [2.05, 4.69) is 20.5 Å². The number of para-hydroxylation sites is 1. The van der Waals surface area contributed by atoms with Gasteiger partial charge in [-0.1, -0.05) is 32.0 Å². The molecule has 0 fully saturated rings. The Bertz CT molecular complexity index is 921. The first-order chi connectivity index (χ1) is 13.1. The number of aromatic nitrogens is 3. The predicted octanol–water partition coefficient (Wildman–Crippen LogP) is 3.62. The quantitative estimate of drug-likeness (QED) is 0.667. The number of hydrogen-bond donors (Lipinski definition) is 2. The maximum Gasteiger partial charge on any atom is 0.262 e. The molecule has 0 radical (unpaired) electrons. The van der Waals surface area contributed by atoms with Gasteiger partial charge in [0.15, 0.2) is 12.4 Å². The molecule has 0 spiro atoms. The molecule has 0 saturated heterocycles. The maximum absolute atomic E-state index is 12.3. The molecule has 1 heterocycles. The molecule has 0 aliphatic carbocycles. The summed E-state index contributed by atoms with van der Waals surface area (Å²) in [6.07, 6.45) is 0. The zero-order chi connectivity index (χ0) is 19.2. The van der Waals surface area contributed by atoms with Crippen molar-refractivity contribution < 1.29 is 14.3 Å². The fraction of sp³-hybridized carbons (Fsp3) is 0.250. The lowest BCUT2D eigenvalue weighted by molar-refractivity contribution is -0.118. The van der Waals surface area contributed by atoms with Crippen LogP contribution in [0.5, 0.6) is 11.5 Å². The number of H-pyrrole nitrogens is 1. The summed E-state index contributed by atoms with van der Waals surface area (Å²) < 4.78 is 10.7. The number of amides is 1. The smallest absolute Gasteiger partial charge is 0.262 e. The molecule has 0 aliphatic rings. The third-order valence-electron chi connectivity index (χ3n) is 3.90. The van der Waals surface area contributed by atoms with Gasteiger partial charge < -0.3 is 14.8 Å². The molecule has 3 aromatic rings. The lowest BCUT2D eigenvalue weighted by Crippen LogP contribution is -2.20. The number of benzene rings is 2. The van der Waals surface area contributed by atoms with Crippen molar-refractivity contribution in [2.75, 3.05) is 19.0 Å². The predicted molar refractivity (Wildman–Crippen MR) is 103 cm³/mol. The summed E-state index contributed by atoms with van der Waals surface area (Å²) in [6, 6.07) is 14.5. The van der Waals surface area contributed by atoms with Crippen molar-refractivity contribution in [1.29, 1.82) is 0 Å². The van der Waals surface area contributed by atoms with E-state index in [-0.39, 0.29) is 18.4 Å². The fourth-order valence-corrected chi connectivity index (χ4v) is 2.47. The van der Waals surface area contributed by atoms with E-state index < -0.39 is 0 Å². The van der Waals surface area contributed by atoms with Crippen LogP contribution in [0.3, 0.4) is 0 Å². The molecule has 2 N–H and O–H groups in total. The topological polar surface area (TPSA) is 89.1 Å². The Kier molecular flexibility index (Phi) is 5.71. The SMILES string of the molecule is COc1cccc(OCC(=O)Nc2ccccc2-c2n[nH]c(C(C)C)n2)c1. The summed E-state index contributed by atoms with van der Waals surface area (Å²) in [5, 5.41) is 10.0. The standard InChI is InChI=1S/C20H22N4O3/c1-13(2)19-22-20(24-23-19)16-9-4-5-10-17(16)21-18(25)12-27-15-8-6-7-14(11-15)26-3/h4-11,13H,12H2,1-3H3,(H,21,25)(H,22,23,24). The number of carbonyl (C=O) groups is 1. The van der Waals surface area contributed by atoms with Gasteiger partial charge in [0, 0.05) is 17.5 Å². The Morgan fingerprint density at radius 1 is 1.15 bits per heavy atom. The Balaban J connectivity index is 1.69. The van der Waals surface area contributed by atoms with Crippen LogP contribution in [0, 0.1) is 0 Å². The summed E-state index contributed by atoms with van der Waals surface area (Å²) in [5.41, 5.74) is 1.38. The second-order valence-corrected chi connectivity index (χ2v) is 6.26. The van der Waals surface area contributed by atoms with Gasteiger partial charge in [0.1, 0.15) is 17.3 Å². The molecule has 0 aliphatic heterocycles. The molecule has 27 heavy (non-hydrogen) atoms. The minimum atomic E-state index is -0.273.